The van der Waals surface area contributed by atoms with Crippen molar-refractivity contribution in [2.24, 2.45) is 0 Å². The van der Waals surface area contributed by atoms with Gasteiger partial charge in [0.25, 0.3) is 0 Å². The Balaban J connectivity index is 2.78. The van der Waals surface area contributed by atoms with Gasteiger partial charge in [0.05, 0.1) is 30.9 Å². The van der Waals surface area contributed by atoms with Gasteiger partial charge in [0.15, 0.2) is 0 Å². The molecule has 7 heteroatoms. The van der Waals surface area contributed by atoms with Crippen LogP contribution in [0.25, 0.3) is 0 Å². The van der Waals surface area contributed by atoms with Gasteiger partial charge < -0.3 is 31.1 Å². The van der Waals surface area contributed by atoms with Gasteiger partial charge in [-0.05, 0) is 0 Å². The van der Waals surface area contributed by atoms with Crippen molar-refractivity contribution in [2.75, 3.05) is 13.2 Å². The molecule has 0 spiro atoms. The number of hydrogen-bond donors (Lipinski definition) is 6. The van der Waals surface area contributed by atoms with Gasteiger partial charge in [0, 0.05) is 13.5 Å². The summed E-state index contributed by atoms with van der Waals surface area (Å²) in [6, 6.07) is -1.67. The van der Waals surface area contributed by atoms with E-state index >= 15 is 0 Å². The van der Waals surface area contributed by atoms with Gasteiger partial charge in [-0.2, -0.15) is 0 Å². The molecule has 0 aromatic heterocycles. The Morgan fingerprint density at radius 2 is 2.00 bits per heavy atom. The Morgan fingerprint density at radius 3 is 2.50 bits per heavy atom. The highest BCUT2D eigenvalue weighted by molar-refractivity contribution is 5.73. The summed E-state index contributed by atoms with van der Waals surface area (Å²) < 4.78 is 0. The number of carbonyl (C=O) groups is 1. The highest BCUT2D eigenvalue weighted by Crippen LogP contribution is 2.12. The van der Waals surface area contributed by atoms with Gasteiger partial charge in [0.1, 0.15) is 6.10 Å². The van der Waals surface area contributed by atoms with Gasteiger partial charge in [-0.1, -0.05) is 0 Å². The van der Waals surface area contributed by atoms with Gasteiger partial charge in [0.2, 0.25) is 5.91 Å². The maximum absolute atomic E-state index is 10.9. The summed E-state index contributed by atoms with van der Waals surface area (Å²) in [5.74, 6) is -0.405. The third-order valence-corrected chi connectivity index (χ3v) is 2.70. The van der Waals surface area contributed by atoms with Gasteiger partial charge in [-0.25, -0.2) is 0 Å². The number of amides is 1. The van der Waals surface area contributed by atoms with Crippen molar-refractivity contribution < 1.29 is 25.2 Å². The molecule has 1 fully saturated rings. The first-order valence-electron chi connectivity index (χ1n) is 5.13. The molecule has 1 rings (SSSR count). The van der Waals surface area contributed by atoms with Crippen molar-refractivity contribution in [1.29, 1.82) is 0 Å². The number of aliphatic hydroxyl groups is 4. The zero-order chi connectivity index (χ0) is 12.3. The zero-order valence-electron chi connectivity index (χ0n) is 9.00. The van der Waals surface area contributed by atoms with Crippen molar-refractivity contribution >= 4 is 5.91 Å². The number of hydrogen-bond acceptors (Lipinski definition) is 6. The molecule has 6 N–H and O–H groups in total. The van der Waals surface area contributed by atoms with Gasteiger partial charge >= 0.3 is 0 Å². The van der Waals surface area contributed by atoms with E-state index < -0.39 is 36.3 Å². The topological polar surface area (TPSA) is 122 Å². The van der Waals surface area contributed by atoms with Crippen molar-refractivity contribution in [3.05, 3.63) is 0 Å². The monoisotopic (exact) mass is 234 g/mol. The summed E-state index contributed by atoms with van der Waals surface area (Å²) in [7, 11) is 0. The lowest BCUT2D eigenvalue weighted by Crippen LogP contribution is -2.55. The maximum atomic E-state index is 10.9. The van der Waals surface area contributed by atoms with E-state index in [0.717, 1.165) is 0 Å². The summed E-state index contributed by atoms with van der Waals surface area (Å²) in [6.45, 7) is 0.968. The Morgan fingerprint density at radius 1 is 1.38 bits per heavy atom. The minimum Gasteiger partial charge on any atom is -0.395 e. The molecule has 1 saturated heterocycles. The van der Waals surface area contributed by atoms with Crippen LogP contribution in [0.2, 0.25) is 0 Å². The number of carbonyl (C=O) groups excluding carboxylic acids is 1. The molecule has 1 aliphatic rings. The van der Waals surface area contributed by atoms with Crippen molar-refractivity contribution in [1.82, 2.24) is 10.6 Å². The van der Waals surface area contributed by atoms with Crippen LogP contribution in [0.1, 0.15) is 6.92 Å². The van der Waals surface area contributed by atoms with E-state index in [2.05, 4.69) is 10.6 Å². The van der Waals surface area contributed by atoms with Crippen molar-refractivity contribution in [3.63, 3.8) is 0 Å². The van der Waals surface area contributed by atoms with Crippen LogP contribution in [0.15, 0.2) is 0 Å². The minimum atomic E-state index is -1.33. The second kappa shape index (κ2) is 5.55. The average molecular weight is 234 g/mol. The molecule has 5 atom stereocenters. The van der Waals surface area contributed by atoms with Crippen molar-refractivity contribution in [2.45, 2.75) is 37.3 Å². The molecule has 0 radical (unpaired) electrons. The van der Waals surface area contributed by atoms with Crippen LogP contribution < -0.4 is 10.6 Å². The Labute approximate surface area is 93.1 Å². The maximum Gasteiger partial charge on any atom is 0.217 e. The molecule has 94 valence electrons. The number of rotatable bonds is 2. The number of β-amino-alcohol motifs (C(OH)–C–C–N with tert-alkyl or cyclic N) is 1. The van der Waals surface area contributed by atoms with Crippen LogP contribution in [0.3, 0.4) is 0 Å². The quantitative estimate of drug-likeness (QED) is 0.295. The second-order valence-electron chi connectivity index (χ2n) is 3.97. The molecule has 0 aromatic carbocycles. The lowest BCUT2D eigenvalue weighted by Gasteiger charge is -2.28. The first kappa shape index (κ1) is 13.3. The van der Waals surface area contributed by atoms with Crippen LogP contribution >= 0.6 is 0 Å². The lowest BCUT2D eigenvalue weighted by atomic mass is 9.98. The molecule has 0 saturated carbocycles. The fourth-order valence-electron chi connectivity index (χ4n) is 1.79. The van der Waals surface area contributed by atoms with E-state index in [1.165, 1.54) is 6.92 Å². The first-order valence-corrected chi connectivity index (χ1v) is 5.13. The largest absolute Gasteiger partial charge is 0.395 e. The molecule has 0 unspecified atom stereocenters. The SMILES string of the molecule is CC(=O)N[C@H]1[C@@H](O)[C@H](O)[C@H](CO)NC[C@H]1O. The predicted molar refractivity (Wildman–Crippen MR) is 54.5 cm³/mol. The standard InChI is InChI=1S/C9H18N2O5/c1-4(13)11-7-6(14)2-10-5(3-12)8(15)9(7)16/h5-10,12,14-16H,2-3H2,1H3,(H,11,13)/t5-,6+,7+,8+,9+/m0/s1. The fraction of sp³-hybridized carbons (Fsp3) is 0.889. The highest BCUT2D eigenvalue weighted by Gasteiger charge is 2.39. The number of aliphatic hydroxyl groups excluding tert-OH is 4. The smallest absolute Gasteiger partial charge is 0.217 e. The van der Waals surface area contributed by atoms with Crippen LogP contribution in [-0.2, 0) is 4.79 Å². The molecule has 0 aromatic rings. The Hall–Kier alpha value is -0.730. The highest BCUT2D eigenvalue weighted by atomic mass is 16.3. The van der Waals surface area contributed by atoms with E-state index in [9.17, 15) is 20.1 Å². The molecule has 0 aliphatic carbocycles. The lowest BCUT2D eigenvalue weighted by molar-refractivity contribution is -0.123. The van der Waals surface area contributed by atoms with E-state index in [1.807, 2.05) is 0 Å². The average Bonchev–Trinajstić information content (AvgIpc) is 2.32. The van der Waals surface area contributed by atoms with E-state index in [4.69, 9.17) is 5.11 Å². The molecular formula is C9H18N2O5. The van der Waals surface area contributed by atoms with Crippen molar-refractivity contribution in [3.8, 4) is 0 Å². The molecule has 0 bridgehead atoms. The summed E-state index contributed by atoms with van der Waals surface area (Å²) in [5.41, 5.74) is 0. The molecule has 1 aliphatic heterocycles. The normalized spacial score (nSPS) is 40.2. The van der Waals surface area contributed by atoms with E-state index in [0.29, 0.717) is 0 Å². The van der Waals surface area contributed by atoms with Crippen LogP contribution in [0.4, 0.5) is 0 Å². The van der Waals surface area contributed by atoms with E-state index in [1.54, 1.807) is 0 Å². The fourth-order valence-corrected chi connectivity index (χ4v) is 1.79. The summed E-state index contributed by atoms with van der Waals surface area (Å²) in [4.78, 5) is 10.9. The summed E-state index contributed by atoms with van der Waals surface area (Å²) >= 11 is 0. The molecular weight excluding hydrogens is 216 g/mol. The molecule has 16 heavy (non-hydrogen) atoms. The van der Waals surface area contributed by atoms with Crippen LogP contribution in [0, 0.1) is 0 Å². The van der Waals surface area contributed by atoms with Gasteiger partial charge in [-0.3, -0.25) is 4.79 Å². The molecule has 1 heterocycles. The molecule has 1 amide bonds. The third-order valence-electron chi connectivity index (χ3n) is 2.70. The van der Waals surface area contributed by atoms with E-state index in [-0.39, 0.29) is 13.2 Å². The van der Waals surface area contributed by atoms with Gasteiger partial charge in [-0.15, -0.1) is 0 Å². The molecule has 7 nitrogen and oxygen atoms in total. The van der Waals surface area contributed by atoms with Crippen LogP contribution in [-0.4, -0.2) is 69.9 Å². The number of nitrogens with one attached hydrogen (secondary N) is 2. The van der Waals surface area contributed by atoms with Crippen LogP contribution in [0.5, 0.6) is 0 Å². The third kappa shape index (κ3) is 2.89. The Bertz CT molecular complexity index is 250. The minimum absolute atomic E-state index is 0.0737. The Kier molecular flexibility index (Phi) is 4.63. The first-order chi connectivity index (χ1) is 7.47. The summed E-state index contributed by atoms with van der Waals surface area (Å²) in [6.07, 6.45) is -3.60. The zero-order valence-corrected chi connectivity index (χ0v) is 9.00. The second-order valence-corrected chi connectivity index (χ2v) is 3.97. The predicted octanol–water partition coefficient (Wildman–Crippen LogP) is -3.46. The summed E-state index contributed by atoms with van der Waals surface area (Å²) in [5, 5.41) is 43.2.